The number of nitrogens with one attached hydrogen (secondary N) is 1. The van der Waals surface area contributed by atoms with Crippen LogP contribution in [0.2, 0.25) is 0 Å². The maximum absolute atomic E-state index is 12.5. The summed E-state index contributed by atoms with van der Waals surface area (Å²) < 4.78 is 0. The van der Waals surface area contributed by atoms with E-state index in [1.54, 1.807) is 0 Å². The van der Waals surface area contributed by atoms with Gasteiger partial charge in [-0.3, -0.25) is 4.79 Å². The largest absolute Gasteiger partial charge is 0.393 e. The van der Waals surface area contributed by atoms with Crippen LogP contribution in [-0.2, 0) is 4.79 Å². The lowest BCUT2D eigenvalue weighted by atomic mass is 9.80. The number of nitrogens with zero attached hydrogens (tertiary/aromatic N) is 1. The Bertz CT molecular complexity index is 346. The Kier molecular flexibility index (Phi) is 4.81. The van der Waals surface area contributed by atoms with Crippen LogP contribution in [0.15, 0.2) is 0 Å². The molecule has 2 saturated carbocycles. The van der Waals surface area contributed by atoms with Gasteiger partial charge in [0, 0.05) is 6.04 Å². The molecule has 0 aromatic heterocycles. The molecule has 2 fully saturated rings. The fraction of sp³-hybridized carbons (Fsp3) is 0.867. The summed E-state index contributed by atoms with van der Waals surface area (Å²) in [7, 11) is 0. The van der Waals surface area contributed by atoms with Gasteiger partial charge in [-0.2, -0.15) is 5.26 Å². The molecule has 4 nitrogen and oxygen atoms in total. The molecule has 2 N–H and O–H groups in total. The average molecular weight is 264 g/mol. The standard InChI is InChI=1S/C15H24N2O2/c16-11-15(9-3-1-2-4-10-15)14(19)17-12-5-7-13(18)8-6-12/h12-13,18H,1-10H2,(H,17,19). The molecule has 0 aromatic carbocycles. The molecular formula is C15H24N2O2. The maximum Gasteiger partial charge on any atom is 0.240 e. The molecule has 0 atom stereocenters. The van der Waals surface area contributed by atoms with Crippen molar-refractivity contribution in [3.8, 4) is 6.07 Å². The van der Waals surface area contributed by atoms with E-state index in [0.29, 0.717) is 12.8 Å². The van der Waals surface area contributed by atoms with Gasteiger partial charge in [0.2, 0.25) is 5.91 Å². The summed E-state index contributed by atoms with van der Waals surface area (Å²) in [6.07, 6.45) is 8.57. The van der Waals surface area contributed by atoms with Gasteiger partial charge in [0.05, 0.1) is 12.2 Å². The zero-order chi connectivity index (χ0) is 13.7. The highest BCUT2D eigenvalue weighted by Gasteiger charge is 2.39. The number of amides is 1. The van der Waals surface area contributed by atoms with Crippen LogP contribution in [0, 0.1) is 16.7 Å². The van der Waals surface area contributed by atoms with Crippen molar-refractivity contribution in [1.82, 2.24) is 5.32 Å². The third-order valence-corrected chi connectivity index (χ3v) is 4.64. The highest BCUT2D eigenvalue weighted by Crippen LogP contribution is 2.35. The second-order valence-corrected chi connectivity index (χ2v) is 6.09. The van der Waals surface area contributed by atoms with E-state index in [-0.39, 0.29) is 18.1 Å². The Balaban J connectivity index is 1.95. The van der Waals surface area contributed by atoms with Gasteiger partial charge in [-0.05, 0) is 38.5 Å². The van der Waals surface area contributed by atoms with Crippen LogP contribution in [0.1, 0.15) is 64.2 Å². The highest BCUT2D eigenvalue weighted by molar-refractivity contribution is 5.85. The van der Waals surface area contributed by atoms with Gasteiger partial charge in [0.15, 0.2) is 0 Å². The molecule has 2 rings (SSSR count). The molecule has 0 spiro atoms. The van der Waals surface area contributed by atoms with E-state index in [1.807, 2.05) is 0 Å². The SMILES string of the molecule is N#CC1(C(=O)NC2CCC(O)CC2)CCCCCC1. The Hall–Kier alpha value is -1.08. The van der Waals surface area contributed by atoms with E-state index in [9.17, 15) is 15.2 Å². The Morgan fingerprint density at radius 1 is 1.11 bits per heavy atom. The molecule has 4 heteroatoms. The van der Waals surface area contributed by atoms with Gasteiger partial charge in [0.1, 0.15) is 5.41 Å². The molecule has 0 bridgehead atoms. The van der Waals surface area contributed by atoms with Gasteiger partial charge in [0.25, 0.3) is 0 Å². The first-order valence-corrected chi connectivity index (χ1v) is 7.56. The molecule has 1 amide bonds. The molecule has 0 radical (unpaired) electrons. The number of rotatable bonds is 2. The first-order valence-electron chi connectivity index (χ1n) is 7.56. The summed E-state index contributed by atoms with van der Waals surface area (Å²) in [5, 5.41) is 22.0. The average Bonchev–Trinajstić information content (AvgIpc) is 2.67. The van der Waals surface area contributed by atoms with Gasteiger partial charge in [-0.25, -0.2) is 0 Å². The molecular weight excluding hydrogens is 240 g/mol. The van der Waals surface area contributed by atoms with E-state index in [1.165, 1.54) is 0 Å². The van der Waals surface area contributed by atoms with Crippen molar-refractivity contribution in [2.45, 2.75) is 76.4 Å². The lowest BCUT2D eigenvalue weighted by Gasteiger charge is -2.30. The van der Waals surface area contributed by atoms with Crippen molar-refractivity contribution in [3.05, 3.63) is 0 Å². The van der Waals surface area contributed by atoms with Crippen molar-refractivity contribution in [3.63, 3.8) is 0 Å². The number of aliphatic hydroxyl groups is 1. The van der Waals surface area contributed by atoms with Gasteiger partial charge in [-0.1, -0.05) is 25.7 Å². The fourth-order valence-electron chi connectivity index (χ4n) is 3.27. The number of nitriles is 1. The fourth-order valence-corrected chi connectivity index (χ4v) is 3.27. The number of aliphatic hydroxyl groups excluding tert-OH is 1. The molecule has 2 aliphatic carbocycles. The monoisotopic (exact) mass is 264 g/mol. The molecule has 0 aliphatic heterocycles. The second-order valence-electron chi connectivity index (χ2n) is 6.09. The number of hydrogen-bond donors (Lipinski definition) is 2. The van der Waals surface area contributed by atoms with Gasteiger partial charge in [-0.15, -0.1) is 0 Å². The minimum Gasteiger partial charge on any atom is -0.393 e. The number of carbonyl (C=O) groups is 1. The number of carbonyl (C=O) groups excluding carboxylic acids is 1. The molecule has 19 heavy (non-hydrogen) atoms. The van der Waals surface area contributed by atoms with E-state index in [0.717, 1.165) is 51.4 Å². The summed E-state index contributed by atoms with van der Waals surface area (Å²) in [5.41, 5.74) is -0.799. The van der Waals surface area contributed by atoms with Crippen molar-refractivity contribution < 1.29 is 9.90 Å². The second kappa shape index (κ2) is 6.38. The predicted molar refractivity (Wildman–Crippen MR) is 72.2 cm³/mol. The minimum absolute atomic E-state index is 0.0710. The van der Waals surface area contributed by atoms with Crippen LogP contribution in [0.3, 0.4) is 0 Å². The Morgan fingerprint density at radius 2 is 1.68 bits per heavy atom. The third-order valence-electron chi connectivity index (χ3n) is 4.64. The lowest BCUT2D eigenvalue weighted by Crippen LogP contribution is -2.46. The summed E-state index contributed by atoms with van der Waals surface area (Å²) >= 11 is 0. The Morgan fingerprint density at radius 3 is 2.21 bits per heavy atom. The quantitative estimate of drug-likeness (QED) is 0.751. The van der Waals surface area contributed by atoms with E-state index in [2.05, 4.69) is 11.4 Å². The normalized spacial score (nSPS) is 30.9. The first-order chi connectivity index (χ1) is 9.16. The summed E-state index contributed by atoms with van der Waals surface area (Å²) in [4.78, 5) is 12.5. The molecule has 106 valence electrons. The smallest absolute Gasteiger partial charge is 0.240 e. The zero-order valence-corrected chi connectivity index (χ0v) is 11.5. The topological polar surface area (TPSA) is 73.1 Å². The van der Waals surface area contributed by atoms with E-state index in [4.69, 9.17) is 0 Å². The molecule has 0 unspecified atom stereocenters. The lowest BCUT2D eigenvalue weighted by molar-refractivity contribution is -0.130. The number of hydrogen-bond acceptors (Lipinski definition) is 3. The molecule has 0 aromatic rings. The predicted octanol–water partition coefficient (Wildman–Crippen LogP) is 2.27. The van der Waals surface area contributed by atoms with Crippen LogP contribution in [0.25, 0.3) is 0 Å². The van der Waals surface area contributed by atoms with Crippen molar-refractivity contribution in [2.75, 3.05) is 0 Å². The summed E-state index contributed by atoms with van der Waals surface area (Å²) in [6, 6.07) is 2.44. The van der Waals surface area contributed by atoms with Gasteiger partial charge < -0.3 is 10.4 Å². The van der Waals surface area contributed by atoms with Crippen LogP contribution in [0.4, 0.5) is 0 Å². The maximum atomic E-state index is 12.5. The molecule has 2 aliphatic rings. The summed E-state index contributed by atoms with van der Waals surface area (Å²) in [6.45, 7) is 0. The first kappa shape index (κ1) is 14.3. The van der Waals surface area contributed by atoms with E-state index >= 15 is 0 Å². The van der Waals surface area contributed by atoms with Crippen LogP contribution in [-0.4, -0.2) is 23.2 Å². The van der Waals surface area contributed by atoms with Crippen LogP contribution < -0.4 is 5.32 Å². The van der Waals surface area contributed by atoms with Gasteiger partial charge >= 0.3 is 0 Å². The molecule has 0 heterocycles. The van der Waals surface area contributed by atoms with Crippen LogP contribution in [0.5, 0.6) is 0 Å². The van der Waals surface area contributed by atoms with Crippen molar-refractivity contribution >= 4 is 5.91 Å². The van der Waals surface area contributed by atoms with E-state index < -0.39 is 5.41 Å². The Labute approximate surface area is 115 Å². The highest BCUT2D eigenvalue weighted by atomic mass is 16.3. The minimum atomic E-state index is -0.799. The molecule has 0 saturated heterocycles. The summed E-state index contributed by atoms with van der Waals surface area (Å²) in [5.74, 6) is -0.0710. The third kappa shape index (κ3) is 3.48. The van der Waals surface area contributed by atoms with Crippen LogP contribution >= 0.6 is 0 Å². The van der Waals surface area contributed by atoms with Crippen molar-refractivity contribution in [1.29, 1.82) is 5.26 Å². The van der Waals surface area contributed by atoms with Crippen molar-refractivity contribution in [2.24, 2.45) is 5.41 Å². The zero-order valence-electron chi connectivity index (χ0n) is 11.5.